The first-order chi connectivity index (χ1) is 48.1. The van der Waals surface area contributed by atoms with Gasteiger partial charge in [-0.15, -0.1) is 0 Å². The molecule has 16 aromatic carbocycles. The molecule has 4 nitrogen and oxygen atoms in total. The molecule has 462 valence electrons. The number of fused-ring (bicyclic) bond motifs is 7. The maximum atomic E-state index is 11.0. The molecule has 1 aliphatic rings. The van der Waals surface area contributed by atoms with Gasteiger partial charge in [-0.2, -0.15) is 0 Å². The fourth-order valence-electron chi connectivity index (χ4n) is 15.7. The Bertz CT molecular complexity index is 5020. The Labute approximate surface area is 564 Å². The van der Waals surface area contributed by atoms with Crippen LogP contribution in [-0.2, 0) is 5.41 Å². The van der Waals surface area contributed by atoms with Crippen molar-refractivity contribution in [3.05, 3.63) is 362 Å². The molecule has 0 aliphatic heterocycles. The first kappa shape index (κ1) is 58.9. The van der Waals surface area contributed by atoms with Crippen molar-refractivity contribution >= 4 is 43.1 Å². The number of benzene rings is 16. The molecule has 0 amide bonds. The van der Waals surface area contributed by atoms with Crippen LogP contribution in [0.3, 0.4) is 0 Å². The number of hydrogen-bond donors (Lipinski definition) is 2. The second-order valence-corrected chi connectivity index (χ2v) is 25.1. The molecule has 1 aliphatic carbocycles. The van der Waals surface area contributed by atoms with E-state index in [4.69, 9.17) is 9.47 Å². The average Bonchev–Trinajstić information content (AvgIpc) is 1.58. The van der Waals surface area contributed by atoms with Crippen LogP contribution in [0.2, 0.25) is 0 Å². The minimum Gasteiger partial charge on any atom is -0.490 e. The molecule has 0 aromatic heterocycles. The highest BCUT2D eigenvalue weighted by molar-refractivity contribution is 6.12. The van der Waals surface area contributed by atoms with Crippen molar-refractivity contribution in [2.75, 3.05) is 26.4 Å². The monoisotopic (exact) mass is 1250 g/mol. The molecule has 0 fully saturated rings. The first-order valence-corrected chi connectivity index (χ1v) is 33.4. The lowest BCUT2D eigenvalue weighted by Gasteiger charge is -2.36. The molecule has 2 N–H and O–H groups in total. The van der Waals surface area contributed by atoms with Gasteiger partial charge < -0.3 is 19.7 Å². The van der Waals surface area contributed by atoms with Gasteiger partial charge in [-0.05, 0) is 167 Å². The summed E-state index contributed by atoms with van der Waals surface area (Å²) in [7, 11) is 0. The molecule has 97 heavy (non-hydrogen) atoms. The van der Waals surface area contributed by atoms with Crippen molar-refractivity contribution in [2.45, 2.75) is 5.41 Å². The Kier molecular flexibility index (Phi) is 15.2. The fourth-order valence-corrected chi connectivity index (χ4v) is 15.7. The number of aliphatic hydroxyl groups excluding tert-OH is 2. The van der Waals surface area contributed by atoms with E-state index < -0.39 is 5.41 Å². The van der Waals surface area contributed by atoms with E-state index >= 15 is 0 Å². The minimum absolute atomic E-state index is 0.0618. The van der Waals surface area contributed by atoms with Crippen LogP contribution in [0.4, 0.5) is 0 Å². The van der Waals surface area contributed by atoms with Crippen LogP contribution < -0.4 is 9.47 Å². The summed E-state index contributed by atoms with van der Waals surface area (Å²) < 4.78 is 14.5. The Morgan fingerprint density at radius 1 is 0.206 bits per heavy atom. The lowest BCUT2D eigenvalue weighted by molar-refractivity contribution is 0.202. The zero-order valence-electron chi connectivity index (χ0n) is 53.4. The predicted octanol–water partition coefficient (Wildman–Crippen LogP) is 22.7. The van der Waals surface area contributed by atoms with Gasteiger partial charge in [-0.1, -0.05) is 315 Å². The lowest BCUT2D eigenvalue weighted by atomic mass is 9.65. The van der Waals surface area contributed by atoms with Gasteiger partial charge in [0.1, 0.15) is 24.7 Å². The molecule has 0 unspecified atom stereocenters. The first-order valence-electron chi connectivity index (χ1n) is 33.4. The van der Waals surface area contributed by atoms with Gasteiger partial charge in [0.15, 0.2) is 0 Å². The van der Waals surface area contributed by atoms with E-state index in [2.05, 4.69) is 340 Å². The Hall–Kier alpha value is -11.9. The molecule has 0 saturated heterocycles. The summed E-state index contributed by atoms with van der Waals surface area (Å²) >= 11 is 0. The van der Waals surface area contributed by atoms with Gasteiger partial charge in [0.2, 0.25) is 0 Å². The summed E-state index contributed by atoms with van der Waals surface area (Å²) in [5.74, 6) is 1.35. The summed E-state index contributed by atoms with van der Waals surface area (Å²) in [5, 5.41) is 30.7. The molecular weight excluding hydrogens is 1180 g/mol. The normalized spacial score (nSPS) is 12.3. The maximum Gasteiger partial charge on any atom is 0.135 e. The molecular formula is C93H66O4. The summed E-state index contributed by atoms with van der Waals surface area (Å²) in [6.45, 7) is -0.255. The number of rotatable bonds is 16. The standard InChI is InChI=1S/C93H66O4/c94-53-55-96-91-85(79-49-45-67(61-25-5-1-6-26-61)71-33-13-17-37-75(71)79)57-65(58-86(91)80-50-46-68(62-27-7-2-8-28-62)72-34-14-18-38-76(72)80)93(89-43-23-21-41-83(89)84-42-22-24-44-90(84)93)66-59-87(81-51-47-69(63-29-9-3-10-30-63)73-35-15-19-39-77(73)81)92(97-56-54-95)88(60-66)82-52-48-70(64-31-11-4-12-32-64)74-36-16-20-40-78(74)82/h1-52,57-60,94-95H,53-56H2. The third-order valence-corrected chi connectivity index (χ3v) is 19.9. The van der Waals surface area contributed by atoms with E-state index in [0.717, 1.165) is 165 Å². The molecule has 17 rings (SSSR count). The van der Waals surface area contributed by atoms with E-state index in [1.807, 2.05) is 0 Å². The summed E-state index contributed by atoms with van der Waals surface area (Å²) in [6.07, 6.45) is 0. The molecule has 4 heteroatoms. The topological polar surface area (TPSA) is 58.9 Å². The van der Waals surface area contributed by atoms with E-state index in [1.54, 1.807) is 0 Å². The molecule has 0 radical (unpaired) electrons. The Morgan fingerprint density at radius 2 is 0.423 bits per heavy atom. The Morgan fingerprint density at radius 3 is 0.680 bits per heavy atom. The molecule has 0 saturated carbocycles. The van der Waals surface area contributed by atoms with E-state index in [9.17, 15) is 10.2 Å². The van der Waals surface area contributed by atoms with Gasteiger partial charge in [0, 0.05) is 22.3 Å². The van der Waals surface area contributed by atoms with Gasteiger partial charge >= 0.3 is 0 Å². The van der Waals surface area contributed by atoms with Crippen molar-refractivity contribution in [3.63, 3.8) is 0 Å². The van der Waals surface area contributed by atoms with E-state index in [-0.39, 0.29) is 26.4 Å². The zero-order chi connectivity index (χ0) is 64.8. The van der Waals surface area contributed by atoms with Crippen molar-refractivity contribution < 1.29 is 19.7 Å². The summed E-state index contributed by atoms with van der Waals surface area (Å²) in [5.41, 5.74) is 22.1. The highest BCUT2D eigenvalue weighted by Gasteiger charge is 2.48. The average molecular weight is 1250 g/mol. The van der Waals surface area contributed by atoms with Gasteiger partial charge in [-0.3, -0.25) is 0 Å². The molecule has 16 aromatic rings. The molecule has 0 spiro atoms. The Balaban J connectivity index is 1.05. The molecule has 0 heterocycles. The smallest absolute Gasteiger partial charge is 0.135 e. The molecule has 0 atom stereocenters. The third kappa shape index (κ3) is 9.99. The van der Waals surface area contributed by atoms with Crippen molar-refractivity contribution in [2.24, 2.45) is 0 Å². The summed E-state index contributed by atoms with van der Waals surface area (Å²) in [4.78, 5) is 0. The number of aliphatic hydroxyl groups is 2. The van der Waals surface area contributed by atoms with Gasteiger partial charge in [0.05, 0.1) is 18.6 Å². The van der Waals surface area contributed by atoms with Crippen LogP contribution in [0.1, 0.15) is 22.3 Å². The van der Waals surface area contributed by atoms with Crippen LogP contribution in [0, 0.1) is 0 Å². The fraction of sp³-hybridized carbons (Fsp3) is 0.0538. The van der Waals surface area contributed by atoms with E-state index in [1.165, 1.54) is 0 Å². The minimum atomic E-state index is -1.07. The highest BCUT2D eigenvalue weighted by Crippen LogP contribution is 2.61. The van der Waals surface area contributed by atoms with Crippen LogP contribution in [0.5, 0.6) is 11.5 Å². The molecule has 0 bridgehead atoms. The second kappa shape index (κ2) is 25.1. The summed E-state index contributed by atoms with van der Waals surface area (Å²) in [6, 6.07) is 123. The van der Waals surface area contributed by atoms with Crippen molar-refractivity contribution in [1.29, 1.82) is 0 Å². The highest BCUT2D eigenvalue weighted by atomic mass is 16.5. The quantitative estimate of drug-likeness (QED) is 0.101. The number of hydrogen-bond acceptors (Lipinski definition) is 4. The van der Waals surface area contributed by atoms with Gasteiger partial charge in [0.25, 0.3) is 0 Å². The lowest BCUT2D eigenvalue weighted by Crippen LogP contribution is -2.29. The maximum absolute atomic E-state index is 11.0. The SMILES string of the molecule is OCCOc1c(-c2ccc(-c3ccccc3)c3ccccc23)cc(C2(c3cc(-c4ccc(-c5ccccc5)c5ccccc45)c(OCCO)c(-c4ccc(-c5ccccc5)c5ccccc45)c3)c3ccccc3-c3ccccc32)cc1-c1ccc(-c2ccccc2)c2ccccc12. The van der Waals surface area contributed by atoms with Crippen LogP contribution in [0.15, 0.2) is 340 Å². The van der Waals surface area contributed by atoms with Crippen LogP contribution >= 0.6 is 0 Å². The third-order valence-electron chi connectivity index (χ3n) is 19.9. The van der Waals surface area contributed by atoms with Crippen LogP contribution in [-0.4, -0.2) is 36.6 Å². The number of ether oxygens (including phenoxy) is 2. The second-order valence-electron chi connectivity index (χ2n) is 25.1. The van der Waals surface area contributed by atoms with Crippen molar-refractivity contribution in [1.82, 2.24) is 0 Å². The zero-order valence-corrected chi connectivity index (χ0v) is 53.4. The van der Waals surface area contributed by atoms with E-state index in [0.29, 0.717) is 11.5 Å². The predicted molar refractivity (Wildman–Crippen MR) is 402 cm³/mol. The van der Waals surface area contributed by atoms with Crippen molar-refractivity contribution in [3.8, 4) is 112 Å². The van der Waals surface area contributed by atoms with Crippen LogP contribution in [0.25, 0.3) is 143 Å². The van der Waals surface area contributed by atoms with Gasteiger partial charge in [-0.25, -0.2) is 0 Å². The largest absolute Gasteiger partial charge is 0.490 e.